The number of allylic oxidation sites excluding steroid dienone is 1. The molecule has 0 fully saturated rings. The maximum absolute atomic E-state index is 12.6. The van der Waals surface area contributed by atoms with E-state index in [4.69, 9.17) is 21.1 Å². The molecule has 0 amide bonds. The number of methoxy groups -OCH3 is 2. The predicted molar refractivity (Wildman–Crippen MR) is 91.6 cm³/mol. The summed E-state index contributed by atoms with van der Waals surface area (Å²) in [5.74, 6) is 1.13. The Morgan fingerprint density at radius 3 is 2.61 bits per heavy atom. The summed E-state index contributed by atoms with van der Waals surface area (Å²) < 4.78 is 10.5. The summed E-state index contributed by atoms with van der Waals surface area (Å²) in [5, 5.41) is 0.461. The number of carbonyl (C=O) groups is 1. The molecule has 0 atom stereocenters. The molecule has 0 saturated heterocycles. The van der Waals surface area contributed by atoms with Gasteiger partial charge < -0.3 is 9.47 Å². The predicted octanol–water partition coefficient (Wildman–Crippen LogP) is 4.57. The van der Waals surface area contributed by atoms with Crippen LogP contribution in [0.3, 0.4) is 0 Å². The number of benzene rings is 2. The van der Waals surface area contributed by atoms with E-state index < -0.39 is 0 Å². The lowest BCUT2D eigenvalue weighted by atomic mass is 9.86. The van der Waals surface area contributed by atoms with Gasteiger partial charge >= 0.3 is 0 Å². The lowest BCUT2D eigenvalue weighted by Crippen LogP contribution is -2.13. The van der Waals surface area contributed by atoms with Crippen molar-refractivity contribution in [2.24, 2.45) is 0 Å². The summed E-state index contributed by atoms with van der Waals surface area (Å²) in [6.45, 7) is 0. The van der Waals surface area contributed by atoms with Gasteiger partial charge in [-0.2, -0.15) is 0 Å². The second-order valence-corrected chi connectivity index (χ2v) is 5.80. The highest BCUT2D eigenvalue weighted by molar-refractivity contribution is 6.32. The molecule has 2 aromatic carbocycles. The van der Waals surface area contributed by atoms with Crippen molar-refractivity contribution in [2.45, 2.75) is 12.8 Å². The van der Waals surface area contributed by atoms with Crippen LogP contribution in [0, 0.1) is 0 Å². The molecule has 0 saturated carbocycles. The minimum absolute atomic E-state index is 0.0813. The van der Waals surface area contributed by atoms with Gasteiger partial charge in [-0.3, -0.25) is 4.79 Å². The minimum atomic E-state index is 0.0813. The van der Waals surface area contributed by atoms with Crippen molar-refractivity contribution in [3.63, 3.8) is 0 Å². The average Bonchev–Trinajstić information content (AvgIpc) is 2.57. The molecular weight excluding hydrogens is 312 g/mol. The zero-order valence-electron chi connectivity index (χ0n) is 13.1. The van der Waals surface area contributed by atoms with Crippen LogP contribution in [0.2, 0.25) is 5.02 Å². The number of ketones is 1. The molecule has 0 spiro atoms. The zero-order valence-corrected chi connectivity index (χ0v) is 13.8. The molecule has 118 valence electrons. The number of carbonyl (C=O) groups excluding carboxylic acids is 1. The van der Waals surface area contributed by atoms with Crippen molar-refractivity contribution >= 4 is 23.5 Å². The molecule has 0 unspecified atom stereocenters. The summed E-state index contributed by atoms with van der Waals surface area (Å²) in [6.07, 6.45) is 3.47. The standard InChI is InChI=1S/C19H17ClO3/c1-22-17-11-12(10-16(20)19(17)23-2)9-14-8-7-13-5-3-4-6-15(13)18(14)21/h3-6,9-11H,7-8H2,1-2H3/b14-9-. The third-order valence-electron chi connectivity index (χ3n) is 4.01. The van der Waals surface area contributed by atoms with Gasteiger partial charge in [0, 0.05) is 11.1 Å². The SMILES string of the molecule is COc1cc(/C=C2/CCc3ccccc3C2=O)cc(Cl)c1OC. The first-order chi connectivity index (χ1) is 11.1. The second kappa shape index (κ2) is 6.47. The van der Waals surface area contributed by atoms with Crippen molar-refractivity contribution in [2.75, 3.05) is 14.2 Å². The molecule has 3 nitrogen and oxygen atoms in total. The summed E-state index contributed by atoms with van der Waals surface area (Å²) in [7, 11) is 3.11. The molecule has 3 rings (SSSR count). The van der Waals surface area contributed by atoms with Crippen molar-refractivity contribution in [3.8, 4) is 11.5 Å². The lowest BCUT2D eigenvalue weighted by Gasteiger charge is -2.17. The zero-order chi connectivity index (χ0) is 16.4. The number of halogens is 1. The highest BCUT2D eigenvalue weighted by atomic mass is 35.5. The lowest BCUT2D eigenvalue weighted by molar-refractivity contribution is 0.102. The van der Waals surface area contributed by atoms with Gasteiger partial charge in [-0.05, 0) is 42.2 Å². The Balaban J connectivity index is 2.00. The van der Waals surface area contributed by atoms with Crippen molar-refractivity contribution in [1.29, 1.82) is 0 Å². The topological polar surface area (TPSA) is 35.5 Å². The first-order valence-electron chi connectivity index (χ1n) is 7.38. The molecule has 4 heteroatoms. The molecule has 23 heavy (non-hydrogen) atoms. The third kappa shape index (κ3) is 2.97. The van der Waals surface area contributed by atoms with Gasteiger partial charge in [0.25, 0.3) is 0 Å². The molecule has 0 heterocycles. The largest absolute Gasteiger partial charge is 0.493 e. The van der Waals surface area contributed by atoms with Gasteiger partial charge in [0.05, 0.1) is 19.2 Å². The van der Waals surface area contributed by atoms with Gasteiger partial charge in [0.2, 0.25) is 0 Å². The van der Waals surface area contributed by atoms with Crippen molar-refractivity contribution in [3.05, 3.63) is 63.7 Å². The van der Waals surface area contributed by atoms with Gasteiger partial charge in [-0.15, -0.1) is 0 Å². The fourth-order valence-electron chi connectivity index (χ4n) is 2.88. The molecule has 0 aliphatic heterocycles. The average molecular weight is 329 g/mol. The third-order valence-corrected chi connectivity index (χ3v) is 4.29. The smallest absolute Gasteiger partial charge is 0.189 e. The number of rotatable bonds is 3. The monoisotopic (exact) mass is 328 g/mol. The van der Waals surface area contributed by atoms with E-state index in [0.717, 1.165) is 35.1 Å². The van der Waals surface area contributed by atoms with Crippen LogP contribution < -0.4 is 9.47 Å². The van der Waals surface area contributed by atoms with Crippen LogP contribution in [0.4, 0.5) is 0 Å². The summed E-state index contributed by atoms with van der Waals surface area (Å²) in [5.41, 5.74) is 3.51. The Morgan fingerprint density at radius 2 is 1.87 bits per heavy atom. The van der Waals surface area contributed by atoms with E-state index in [1.807, 2.05) is 36.4 Å². The van der Waals surface area contributed by atoms with E-state index in [-0.39, 0.29) is 5.78 Å². The van der Waals surface area contributed by atoms with Gasteiger partial charge in [0.15, 0.2) is 17.3 Å². The van der Waals surface area contributed by atoms with E-state index in [2.05, 4.69) is 0 Å². The number of fused-ring (bicyclic) bond motifs is 1. The molecule has 0 N–H and O–H groups in total. The molecule has 1 aliphatic carbocycles. The van der Waals surface area contributed by atoms with E-state index in [1.54, 1.807) is 20.3 Å². The van der Waals surface area contributed by atoms with E-state index in [9.17, 15) is 4.79 Å². The highest BCUT2D eigenvalue weighted by Gasteiger charge is 2.21. The maximum Gasteiger partial charge on any atom is 0.189 e. The van der Waals surface area contributed by atoms with Crippen LogP contribution in [0.25, 0.3) is 6.08 Å². The van der Waals surface area contributed by atoms with Crippen LogP contribution >= 0.6 is 11.6 Å². The van der Waals surface area contributed by atoms with E-state index in [0.29, 0.717) is 16.5 Å². The Morgan fingerprint density at radius 1 is 1.09 bits per heavy atom. The quantitative estimate of drug-likeness (QED) is 0.774. The molecule has 0 radical (unpaired) electrons. The fraction of sp³-hybridized carbons (Fsp3) is 0.211. The molecule has 2 aromatic rings. The Bertz CT molecular complexity index is 793. The van der Waals surface area contributed by atoms with E-state index >= 15 is 0 Å². The summed E-state index contributed by atoms with van der Waals surface area (Å²) in [6, 6.07) is 11.4. The van der Waals surface area contributed by atoms with Crippen LogP contribution in [0.1, 0.15) is 27.9 Å². The Labute approximate surface area is 140 Å². The number of ether oxygens (including phenoxy) is 2. The molecule has 0 bridgehead atoms. The van der Waals surface area contributed by atoms with Crippen molar-refractivity contribution < 1.29 is 14.3 Å². The summed E-state index contributed by atoms with van der Waals surface area (Å²) in [4.78, 5) is 12.6. The summed E-state index contributed by atoms with van der Waals surface area (Å²) >= 11 is 6.23. The van der Waals surface area contributed by atoms with Crippen LogP contribution in [-0.4, -0.2) is 20.0 Å². The number of aryl methyl sites for hydroxylation is 1. The van der Waals surface area contributed by atoms with Gasteiger partial charge in [-0.25, -0.2) is 0 Å². The normalized spacial score (nSPS) is 15.4. The Kier molecular flexibility index (Phi) is 4.39. The molecule has 1 aliphatic rings. The van der Waals surface area contributed by atoms with Gasteiger partial charge in [0.1, 0.15) is 0 Å². The van der Waals surface area contributed by atoms with Crippen LogP contribution in [-0.2, 0) is 6.42 Å². The maximum atomic E-state index is 12.6. The van der Waals surface area contributed by atoms with Crippen molar-refractivity contribution in [1.82, 2.24) is 0 Å². The second-order valence-electron chi connectivity index (χ2n) is 5.39. The first-order valence-corrected chi connectivity index (χ1v) is 7.76. The number of Topliss-reactive ketones (excluding diaryl/α,β-unsaturated/α-hetero) is 1. The highest BCUT2D eigenvalue weighted by Crippen LogP contribution is 2.37. The molecule has 0 aromatic heterocycles. The van der Waals surface area contributed by atoms with Gasteiger partial charge in [-0.1, -0.05) is 35.9 Å². The molecular formula is C19H17ClO3. The first kappa shape index (κ1) is 15.6. The minimum Gasteiger partial charge on any atom is -0.493 e. The fourth-order valence-corrected chi connectivity index (χ4v) is 3.17. The number of hydrogen-bond donors (Lipinski definition) is 0. The number of hydrogen-bond acceptors (Lipinski definition) is 3. The Hall–Kier alpha value is -2.26. The van der Waals surface area contributed by atoms with Crippen LogP contribution in [0.5, 0.6) is 11.5 Å². The van der Waals surface area contributed by atoms with E-state index in [1.165, 1.54) is 0 Å². The van der Waals surface area contributed by atoms with Crippen LogP contribution in [0.15, 0.2) is 42.0 Å².